The SMILES string of the molecule is CN=C(NCC(C)Oc1cccc(C)c1)N(C)Cc1csc(C)n1.I. The predicted molar refractivity (Wildman–Crippen MR) is 116 cm³/mol. The van der Waals surface area contributed by atoms with E-state index < -0.39 is 0 Å². The lowest BCUT2D eigenvalue weighted by atomic mass is 10.2. The van der Waals surface area contributed by atoms with Gasteiger partial charge in [0.2, 0.25) is 0 Å². The van der Waals surface area contributed by atoms with Crippen LogP contribution in [0, 0.1) is 13.8 Å². The van der Waals surface area contributed by atoms with Gasteiger partial charge in [0, 0.05) is 19.5 Å². The van der Waals surface area contributed by atoms with Crippen LogP contribution in [0.25, 0.3) is 0 Å². The molecule has 0 bridgehead atoms. The first-order chi connectivity index (χ1) is 11.5. The molecule has 1 atom stereocenters. The van der Waals surface area contributed by atoms with Crippen molar-refractivity contribution in [2.24, 2.45) is 4.99 Å². The molecule has 2 aromatic rings. The Hall–Kier alpha value is -1.35. The summed E-state index contributed by atoms with van der Waals surface area (Å²) < 4.78 is 5.94. The van der Waals surface area contributed by atoms with Crippen LogP contribution in [0.15, 0.2) is 34.6 Å². The van der Waals surface area contributed by atoms with Gasteiger partial charge in [-0.3, -0.25) is 4.99 Å². The number of halogens is 1. The number of hydrogen-bond donors (Lipinski definition) is 1. The maximum atomic E-state index is 5.94. The minimum atomic E-state index is 0. The fourth-order valence-corrected chi connectivity index (χ4v) is 2.98. The average Bonchev–Trinajstić information content (AvgIpc) is 2.93. The van der Waals surface area contributed by atoms with Crippen molar-refractivity contribution in [2.75, 3.05) is 20.6 Å². The molecule has 1 heterocycles. The maximum Gasteiger partial charge on any atom is 0.193 e. The Labute approximate surface area is 171 Å². The van der Waals surface area contributed by atoms with Gasteiger partial charge in [0.1, 0.15) is 11.9 Å². The first-order valence-corrected chi connectivity index (χ1v) is 8.92. The molecule has 0 saturated carbocycles. The first kappa shape index (κ1) is 21.7. The highest BCUT2D eigenvalue weighted by atomic mass is 127. The van der Waals surface area contributed by atoms with E-state index in [-0.39, 0.29) is 30.1 Å². The number of aryl methyl sites for hydroxylation is 2. The second-order valence-corrected chi connectivity index (χ2v) is 6.95. The van der Waals surface area contributed by atoms with Crippen LogP contribution in [-0.2, 0) is 6.54 Å². The summed E-state index contributed by atoms with van der Waals surface area (Å²) in [5.41, 5.74) is 2.26. The van der Waals surface area contributed by atoms with Crippen molar-refractivity contribution < 1.29 is 4.74 Å². The van der Waals surface area contributed by atoms with Crippen molar-refractivity contribution in [3.05, 3.63) is 45.9 Å². The summed E-state index contributed by atoms with van der Waals surface area (Å²) in [6.07, 6.45) is 0.0402. The smallest absolute Gasteiger partial charge is 0.193 e. The van der Waals surface area contributed by atoms with Crippen LogP contribution in [0.2, 0.25) is 0 Å². The number of ether oxygens (including phenoxy) is 1. The van der Waals surface area contributed by atoms with Crippen LogP contribution in [0.4, 0.5) is 0 Å². The summed E-state index contributed by atoms with van der Waals surface area (Å²) in [7, 11) is 3.80. The molecule has 5 nitrogen and oxygen atoms in total. The van der Waals surface area contributed by atoms with E-state index in [2.05, 4.69) is 38.6 Å². The van der Waals surface area contributed by atoms with Crippen molar-refractivity contribution in [3.8, 4) is 5.75 Å². The zero-order chi connectivity index (χ0) is 17.5. The maximum absolute atomic E-state index is 5.94. The molecule has 7 heteroatoms. The van der Waals surface area contributed by atoms with Gasteiger partial charge in [0.15, 0.2) is 5.96 Å². The molecular formula is C18H27IN4OS. The number of aromatic nitrogens is 1. The third-order valence-corrected chi connectivity index (χ3v) is 4.34. The number of guanidine groups is 1. The monoisotopic (exact) mass is 474 g/mol. The van der Waals surface area contributed by atoms with E-state index in [1.807, 2.05) is 39.1 Å². The summed E-state index contributed by atoms with van der Waals surface area (Å²) in [4.78, 5) is 10.9. The Balaban J connectivity index is 0.00000312. The van der Waals surface area contributed by atoms with E-state index >= 15 is 0 Å². The quantitative estimate of drug-likeness (QED) is 0.393. The molecule has 1 N–H and O–H groups in total. The molecule has 1 aromatic heterocycles. The molecule has 25 heavy (non-hydrogen) atoms. The van der Waals surface area contributed by atoms with Gasteiger partial charge in [-0.05, 0) is 38.5 Å². The fraction of sp³-hybridized carbons (Fsp3) is 0.444. The van der Waals surface area contributed by atoms with Gasteiger partial charge >= 0.3 is 0 Å². The number of thiazole rings is 1. The van der Waals surface area contributed by atoms with Crippen LogP contribution in [0.1, 0.15) is 23.2 Å². The number of benzene rings is 1. The van der Waals surface area contributed by atoms with Gasteiger partial charge in [-0.1, -0.05) is 12.1 Å². The van der Waals surface area contributed by atoms with Gasteiger partial charge in [-0.25, -0.2) is 4.98 Å². The number of nitrogens with one attached hydrogen (secondary N) is 1. The number of aliphatic imine (C=N–C) groups is 1. The zero-order valence-electron chi connectivity index (χ0n) is 15.4. The Morgan fingerprint density at radius 2 is 2.16 bits per heavy atom. The molecule has 0 saturated heterocycles. The van der Waals surface area contributed by atoms with Crippen LogP contribution in [0.3, 0.4) is 0 Å². The van der Waals surface area contributed by atoms with E-state index in [1.165, 1.54) is 5.56 Å². The lowest BCUT2D eigenvalue weighted by Crippen LogP contribution is -2.42. The Morgan fingerprint density at radius 3 is 2.76 bits per heavy atom. The summed E-state index contributed by atoms with van der Waals surface area (Å²) in [6, 6.07) is 8.09. The third-order valence-electron chi connectivity index (χ3n) is 3.51. The predicted octanol–water partition coefficient (Wildman–Crippen LogP) is 3.85. The molecular weight excluding hydrogens is 447 g/mol. The normalized spacial score (nSPS) is 12.3. The standard InChI is InChI=1S/C18H26N4OS.HI/c1-13-7-6-8-17(9-13)23-14(2)10-20-18(19-4)22(5)11-16-12-24-15(3)21-16;/h6-9,12,14H,10-11H2,1-5H3,(H,19,20);1H. The molecule has 0 amide bonds. The summed E-state index contributed by atoms with van der Waals surface area (Å²) in [6.45, 7) is 7.54. The molecule has 0 aliphatic rings. The largest absolute Gasteiger partial charge is 0.489 e. The van der Waals surface area contributed by atoms with Crippen LogP contribution < -0.4 is 10.1 Å². The molecule has 1 aromatic carbocycles. The zero-order valence-corrected chi connectivity index (χ0v) is 18.6. The summed E-state index contributed by atoms with van der Waals surface area (Å²) in [5, 5.41) is 6.53. The fourth-order valence-electron chi connectivity index (χ4n) is 2.38. The van der Waals surface area contributed by atoms with E-state index in [4.69, 9.17) is 4.74 Å². The topological polar surface area (TPSA) is 49.8 Å². The molecule has 0 radical (unpaired) electrons. The van der Waals surface area contributed by atoms with Crippen molar-refractivity contribution in [1.29, 1.82) is 0 Å². The van der Waals surface area contributed by atoms with Crippen LogP contribution >= 0.6 is 35.3 Å². The highest BCUT2D eigenvalue weighted by molar-refractivity contribution is 14.0. The number of rotatable bonds is 6. The van der Waals surface area contributed by atoms with E-state index in [1.54, 1.807) is 18.4 Å². The van der Waals surface area contributed by atoms with E-state index in [0.29, 0.717) is 6.54 Å². The molecule has 0 aliphatic heterocycles. The minimum absolute atomic E-state index is 0. The second kappa shape index (κ2) is 10.6. The Kier molecular flexibility index (Phi) is 9.20. The van der Waals surface area contributed by atoms with E-state index in [9.17, 15) is 0 Å². The van der Waals surface area contributed by atoms with Gasteiger partial charge < -0.3 is 15.0 Å². The lowest BCUT2D eigenvalue weighted by Gasteiger charge is -2.23. The van der Waals surface area contributed by atoms with Crippen molar-refractivity contribution in [2.45, 2.75) is 33.4 Å². The third kappa shape index (κ3) is 7.19. The van der Waals surface area contributed by atoms with Gasteiger partial charge in [-0.2, -0.15) is 0 Å². The Bertz CT molecular complexity index is 689. The molecule has 1 unspecified atom stereocenters. The van der Waals surface area contributed by atoms with Crippen LogP contribution in [0.5, 0.6) is 5.75 Å². The lowest BCUT2D eigenvalue weighted by molar-refractivity contribution is 0.222. The highest BCUT2D eigenvalue weighted by Gasteiger charge is 2.11. The van der Waals surface area contributed by atoms with Gasteiger partial charge in [0.25, 0.3) is 0 Å². The molecule has 138 valence electrons. The first-order valence-electron chi connectivity index (χ1n) is 8.04. The summed E-state index contributed by atoms with van der Waals surface area (Å²) >= 11 is 1.67. The van der Waals surface area contributed by atoms with Crippen molar-refractivity contribution in [3.63, 3.8) is 0 Å². The molecule has 2 rings (SSSR count). The molecule has 0 spiro atoms. The van der Waals surface area contributed by atoms with Crippen LogP contribution in [-0.4, -0.2) is 42.6 Å². The van der Waals surface area contributed by atoms with Gasteiger partial charge in [0.05, 0.1) is 23.8 Å². The van der Waals surface area contributed by atoms with Crippen molar-refractivity contribution in [1.82, 2.24) is 15.2 Å². The highest BCUT2D eigenvalue weighted by Crippen LogP contribution is 2.14. The minimum Gasteiger partial charge on any atom is -0.489 e. The number of hydrogen-bond acceptors (Lipinski definition) is 4. The molecule has 0 fully saturated rings. The van der Waals surface area contributed by atoms with Gasteiger partial charge in [-0.15, -0.1) is 35.3 Å². The number of nitrogens with zero attached hydrogens (tertiary/aromatic N) is 3. The molecule has 0 aliphatic carbocycles. The Morgan fingerprint density at radius 1 is 1.40 bits per heavy atom. The second-order valence-electron chi connectivity index (χ2n) is 5.89. The average molecular weight is 474 g/mol. The summed E-state index contributed by atoms with van der Waals surface area (Å²) in [5.74, 6) is 1.73. The van der Waals surface area contributed by atoms with E-state index in [0.717, 1.165) is 29.0 Å². The van der Waals surface area contributed by atoms with Crippen molar-refractivity contribution >= 4 is 41.3 Å².